The highest BCUT2D eigenvalue weighted by molar-refractivity contribution is 9.10. The number of hydrogen-bond donors (Lipinski definition) is 2. The molecule has 0 saturated carbocycles. The van der Waals surface area contributed by atoms with Crippen LogP contribution in [0.2, 0.25) is 0 Å². The molecular weight excluding hydrogens is 270 g/mol. The first-order valence-electron chi connectivity index (χ1n) is 5.53. The van der Waals surface area contributed by atoms with Gasteiger partial charge in [-0.2, -0.15) is 0 Å². The molecule has 1 fully saturated rings. The Hall–Kier alpha value is -0.580. The molecule has 1 aromatic carbocycles. The van der Waals surface area contributed by atoms with Gasteiger partial charge in [-0.05, 0) is 41.4 Å². The number of phenols is 1. The van der Waals surface area contributed by atoms with E-state index in [2.05, 4.69) is 20.8 Å². The van der Waals surface area contributed by atoms with E-state index in [1.165, 1.54) is 0 Å². The highest BCUT2D eigenvalue weighted by Gasteiger charge is 2.18. The van der Waals surface area contributed by atoms with Gasteiger partial charge in [-0.15, -0.1) is 0 Å². The second kappa shape index (κ2) is 5.17. The van der Waals surface area contributed by atoms with Gasteiger partial charge in [-0.1, -0.05) is 12.1 Å². The maximum Gasteiger partial charge on any atom is 0.134 e. The number of aliphatic hydroxyl groups is 1. The summed E-state index contributed by atoms with van der Waals surface area (Å²) in [5, 5.41) is 19.4. The highest BCUT2D eigenvalue weighted by Crippen LogP contribution is 2.28. The fourth-order valence-corrected chi connectivity index (χ4v) is 2.51. The summed E-state index contributed by atoms with van der Waals surface area (Å²) in [6.45, 7) is 2.39. The number of para-hydroxylation sites is 1. The molecule has 4 heteroatoms. The molecule has 0 bridgehead atoms. The van der Waals surface area contributed by atoms with Gasteiger partial charge in [0.2, 0.25) is 0 Å². The molecule has 0 radical (unpaired) electrons. The normalized spacial score (nSPS) is 22.2. The Kier molecular flexibility index (Phi) is 3.84. The van der Waals surface area contributed by atoms with Crippen molar-refractivity contribution in [3.05, 3.63) is 28.2 Å². The van der Waals surface area contributed by atoms with Crippen molar-refractivity contribution < 1.29 is 10.2 Å². The van der Waals surface area contributed by atoms with Crippen molar-refractivity contribution in [3.63, 3.8) is 0 Å². The number of piperidine rings is 1. The van der Waals surface area contributed by atoms with Crippen LogP contribution in [-0.4, -0.2) is 34.3 Å². The van der Waals surface area contributed by atoms with Crippen molar-refractivity contribution in [3.8, 4) is 5.75 Å². The van der Waals surface area contributed by atoms with Gasteiger partial charge in [0.25, 0.3) is 0 Å². The summed E-state index contributed by atoms with van der Waals surface area (Å²) in [6, 6.07) is 5.66. The molecular formula is C12H16BrNO2. The van der Waals surface area contributed by atoms with Crippen LogP contribution in [-0.2, 0) is 6.54 Å². The smallest absolute Gasteiger partial charge is 0.134 e. The van der Waals surface area contributed by atoms with Crippen LogP contribution in [0.5, 0.6) is 5.75 Å². The van der Waals surface area contributed by atoms with Gasteiger partial charge in [-0.25, -0.2) is 0 Å². The number of β-amino-alcohol motifs (C(OH)–C–C–N with tert-alkyl or cyclic N) is 1. The molecule has 0 aliphatic carbocycles. The molecule has 88 valence electrons. The zero-order valence-corrected chi connectivity index (χ0v) is 10.7. The Labute approximate surface area is 104 Å². The number of likely N-dealkylation sites (tertiary alicyclic amines) is 1. The first-order valence-corrected chi connectivity index (χ1v) is 6.33. The third-order valence-corrected chi connectivity index (χ3v) is 3.58. The first kappa shape index (κ1) is 11.9. The highest BCUT2D eigenvalue weighted by atomic mass is 79.9. The number of hydrogen-bond acceptors (Lipinski definition) is 3. The molecule has 1 aliphatic heterocycles. The number of halogens is 1. The lowest BCUT2D eigenvalue weighted by atomic mass is 10.1. The second-order valence-electron chi connectivity index (χ2n) is 4.28. The van der Waals surface area contributed by atoms with E-state index in [1.807, 2.05) is 18.2 Å². The maximum atomic E-state index is 9.86. The van der Waals surface area contributed by atoms with Crippen molar-refractivity contribution in [2.45, 2.75) is 25.5 Å². The van der Waals surface area contributed by atoms with Gasteiger partial charge >= 0.3 is 0 Å². The van der Waals surface area contributed by atoms with Gasteiger partial charge in [0, 0.05) is 18.7 Å². The van der Waals surface area contributed by atoms with Gasteiger partial charge in [0.05, 0.1) is 10.6 Å². The standard InChI is InChI=1S/C12H16BrNO2/c13-11-5-1-3-9(12(11)16)7-14-6-2-4-10(15)8-14/h1,3,5,10,15-16H,2,4,6-8H2. The second-order valence-corrected chi connectivity index (χ2v) is 5.13. The van der Waals surface area contributed by atoms with E-state index in [0.29, 0.717) is 18.8 Å². The summed E-state index contributed by atoms with van der Waals surface area (Å²) in [5.41, 5.74) is 0.906. The molecule has 1 aromatic rings. The summed E-state index contributed by atoms with van der Waals surface area (Å²) < 4.78 is 0.725. The molecule has 3 nitrogen and oxygen atoms in total. The fourth-order valence-electron chi connectivity index (χ4n) is 2.10. The van der Waals surface area contributed by atoms with Crippen LogP contribution >= 0.6 is 15.9 Å². The Balaban J connectivity index is 2.05. The minimum Gasteiger partial charge on any atom is -0.506 e. The van der Waals surface area contributed by atoms with E-state index >= 15 is 0 Å². The minimum absolute atomic E-state index is 0.219. The third kappa shape index (κ3) is 2.75. The summed E-state index contributed by atoms with van der Waals surface area (Å²) in [6.07, 6.45) is 1.69. The molecule has 0 aromatic heterocycles. The summed E-state index contributed by atoms with van der Waals surface area (Å²) in [4.78, 5) is 2.18. The first-order chi connectivity index (χ1) is 7.66. The summed E-state index contributed by atoms with van der Waals surface area (Å²) in [7, 11) is 0. The number of aromatic hydroxyl groups is 1. The minimum atomic E-state index is -0.219. The Bertz CT molecular complexity index is 370. The molecule has 0 spiro atoms. The summed E-state index contributed by atoms with van der Waals surface area (Å²) in [5.74, 6) is 0.308. The lowest BCUT2D eigenvalue weighted by Crippen LogP contribution is -2.37. The van der Waals surface area contributed by atoms with Gasteiger partial charge in [0.1, 0.15) is 5.75 Å². The molecule has 1 unspecified atom stereocenters. The van der Waals surface area contributed by atoms with Crippen LogP contribution in [0.1, 0.15) is 18.4 Å². The number of nitrogens with zero attached hydrogens (tertiary/aromatic N) is 1. The van der Waals surface area contributed by atoms with Crippen LogP contribution in [0.25, 0.3) is 0 Å². The molecule has 2 rings (SSSR count). The lowest BCUT2D eigenvalue weighted by molar-refractivity contribution is 0.0664. The van der Waals surface area contributed by atoms with E-state index in [9.17, 15) is 10.2 Å². The number of aliphatic hydroxyl groups excluding tert-OH is 1. The average Bonchev–Trinajstić information content (AvgIpc) is 2.25. The van der Waals surface area contributed by atoms with Crippen LogP contribution in [0.3, 0.4) is 0 Å². The van der Waals surface area contributed by atoms with Crippen LogP contribution in [0, 0.1) is 0 Å². The number of rotatable bonds is 2. The topological polar surface area (TPSA) is 43.7 Å². The largest absolute Gasteiger partial charge is 0.506 e. The Morgan fingerprint density at radius 2 is 2.25 bits per heavy atom. The predicted molar refractivity (Wildman–Crippen MR) is 66.3 cm³/mol. The molecule has 0 amide bonds. The zero-order chi connectivity index (χ0) is 11.5. The van der Waals surface area contributed by atoms with Crippen LogP contribution < -0.4 is 0 Å². The monoisotopic (exact) mass is 285 g/mol. The molecule has 1 saturated heterocycles. The number of phenolic OH excluding ortho intramolecular Hbond substituents is 1. The van der Waals surface area contributed by atoms with Gasteiger partial charge in [0.15, 0.2) is 0 Å². The molecule has 1 atom stereocenters. The molecule has 2 N–H and O–H groups in total. The van der Waals surface area contributed by atoms with Gasteiger partial charge < -0.3 is 10.2 Å². The number of benzene rings is 1. The fraction of sp³-hybridized carbons (Fsp3) is 0.500. The predicted octanol–water partition coefficient (Wildman–Crippen LogP) is 2.11. The molecule has 1 heterocycles. The van der Waals surface area contributed by atoms with E-state index in [-0.39, 0.29) is 6.10 Å². The quantitative estimate of drug-likeness (QED) is 0.875. The van der Waals surface area contributed by atoms with Crippen LogP contribution in [0.15, 0.2) is 22.7 Å². The maximum absolute atomic E-state index is 9.86. The third-order valence-electron chi connectivity index (χ3n) is 2.94. The van der Waals surface area contributed by atoms with E-state index < -0.39 is 0 Å². The van der Waals surface area contributed by atoms with Crippen molar-refractivity contribution >= 4 is 15.9 Å². The Morgan fingerprint density at radius 3 is 3.00 bits per heavy atom. The summed E-state index contributed by atoms with van der Waals surface area (Å²) >= 11 is 3.30. The Morgan fingerprint density at radius 1 is 1.44 bits per heavy atom. The van der Waals surface area contributed by atoms with Crippen molar-refractivity contribution in [1.29, 1.82) is 0 Å². The van der Waals surface area contributed by atoms with Gasteiger partial charge in [-0.3, -0.25) is 4.90 Å². The van der Waals surface area contributed by atoms with E-state index in [1.54, 1.807) is 0 Å². The van der Waals surface area contributed by atoms with Crippen LogP contribution in [0.4, 0.5) is 0 Å². The SMILES string of the molecule is Oc1c(Br)cccc1CN1CCCC(O)C1. The average molecular weight is 286 g/mol. The zero-order valence-electron chi connectivity index (χ0n) is 9.06. The molecule has 1 aliphatic rings. The van der Waals surface area contributed by atoms with Crippen molar-refractivity contribution in [1.82, 2.24) is 4.90 Å². The lowest BCUT2D eigenvalue weighted by Gasteiger charge is -2.30. The van der Waals surface area contributed by atoms with E-state index in [0.717, 1.165) is 29.4 Å². The van der Waals surface area contributed by atoms with Crippen molar-refractivity contribution in [2.24, 2.45) is 0 Å². The van der Waals surface area contributed by atoms with Crippen molar-refractivity contribution in [2.75, 3.05) is 13.1 Å². The molecule has 16 heavy (non-hydrogen) atoms. The van der Waals surface area contributed by atoms with E-state index in [4.69, 9.17) is 0 Å².